The predicted molar refractivity (Wildman–Crippen MR) is 175 cm³/mol. The van der Waals surface area contributed by atoms with Crippen LogP contribution in [-0.2, 0) is 20.8 Å². The number of hydrogen-bond acceptors (Lipinski definition) is 0. The third kappa shape index (κ3) is 6.96. The molecular weight excluding hydrogens is 623 g/mol. The second-order valence-corrected chi connectivity index (χ2v) is 16.1. The third-order valence-corrected chi connectivity index (χ3v) is 8.79. The molecule has 0 saturated heterocycles. The summed E-state index contributed by atoms with van der Waals surface area (Å²) in [6.45, 7) is 13.7. The Hall–Kier alpha value is -1.83. The molecule has 202 valence electrons. The molecule has 2 radical (unpaired) electrons. The monoisotopic (exact) mass is 656 g/mol. The Labute approximate surface area is 262 Å². The molecule has 0 unspecified atom stereocenters. The number of halogens is 2. The molecule has 40 heavy (non-hydrogen) atoms. The van der Waals surface area contributed by atoms with Gasteiger partial charge >= 0.3 is 37.9 Å². The average molecular weight is 659 g/mol. The number of benzene rings is 4. The first-order chi connectivity index (χ1) is 19.3. The zero-order chi connectivity index (χ0) is 28.8. The largest absolute Gasteiger partial charge is 0.184 e. The second kappa shape index (κ2) is 14.4. The molecule has 0 atom stereocenters. The maximum Gasteiger partial charge on any atom is 0.0920 e. The fourth-order valence-corrected chi connectivity index (χ4v) is 6.70. The van der Waals surface area contributed by atoms with Crippen molar-refractivity contribution in [1.82, 2.24) is 0 Å². The van der Waals surface area contributed by atoms with Gasteiger partial charge in [-0.2, -0.15) is 35.5 Å². The molecule has 1 heterocycles. The maximum absolute atomic E-state index is 4.93. The molecule has 0 bridgehead atoms. The van der Waals surface area contributed by atoms with Crippen molar-refractivity contribution in [1.29, 1.82) is 0 Å². The van der Waals surface area contributed by atoms with Crippen molar-refractivity contribution in [2.24, 2.45) is 0 Å². The summed E-state index contributed by atoms with van der Waals surface area (Å²) in [5.41, 5.74) is 9.95. The Kier molecular flexibility index (Phi) is 11.2. The van der Waals surface area contributed by atoms with Crippen molar-refractivity contribution >= 4 is 47.7 Å². The van der Waals surface area contributed by atoms with Gasteiger partial charge in [0.15, 0.2) is 0 Å². The molecular formula is C36H36Cl2SiZr. The molecule has 0 saturated carbocycles. The van der Waals surface area contributed by atoms with Gasteiger partial charge < -0.3 is 0 Å². The Morgan fingerprint density at radius 3 is 2.00 bits per heavy atom. The van der Waals surface area contributed by atoms with Crippen LogP contribution in [0.1, 0.15) is 76.0 Å². The van der Waals surface area contributed by atoms with Gasteiger partial charge in [-0.05, 0) is 28.9 Å². The topological polar surface area (TPSA) is 0 Å². The Balaban J connectivity index is 0.000000192. The molecule has 5 aromatic rings. The predicted octanol–water partition coefficient (Wildman–Crippen LogP) is 10.1. The molecule has 0 aliphatic carbocycles. The maximum atomic E-state index is 4.93. The van der Waals surface area contributed by atoms with E-state index < -0.39 is 20.8 Å². The standard InChI is InChI=1S/C24H29.C12H7Si.2ClH.Zr/c1-15(2)19-13-18-11-12-21(17(5)6)24(23(18)14-19)22-10-8-7-9-20(22)16(3)4;1-3-7-11-9(5-1)10-6-2-4-8-12(10)13-11;;;/h7-17H,1-6H3;1-7H;2*1H;/q2*-1;;;+4/p-2. The van der Waals surface area contributed by atoms with Crippen molar-refractivity contribution in [3.8, 4) is 22.3 Å². The minimum Gasteiger partial charge on any atom is -0.184 e. The molecule has 1 aliphatic rings. The van der Waals surface area contributed by atoms with E-state index in [4.69, 9.17) is 17.0 Å². The van der Waals surface area contributed by atoms with Crippen LogP contribution < -0.4 is 10.4 Å². The van der Waals surface area contributed by atoms with Crippen LogP contribution in [0.4, 0.5) is 0 Å². The Morgan fingerprint density at radius 1 is 0.700 bits per heavy atom. The van der Waals surface area contributed by atoms with Crippen molar-refractivity contribution in [3.05, 3.63) is 114 Å². The zero-order valence-electron chi connectivity index (χ0n) is 24.1. The summed E-state index contributed by atoms with van der Waals surface area (Å²) in [6, 6.07) is 36.5. The van der Waals surface area contributed by atoms with E-state index >= 15 is 0 Å². The Bertz CT molecular complexity index is 1520. The van der Waals surface area contributed by atoms with Gasteiger partial charge in [0.05, 0.1) is 9.52 Å². The van der Waals surface area contributed by atoms with E-state index in [0.717, 1.165) is 9.52 Å². The SMILES string of the molecule is CC(C)c1cc2c(-c3ccccc3C(C)C)c(C(C)C)ccc2[cH-]1.[Cl][Zr+2][Cl].[c-]1cccc2c1[Si]c1ccccc1-2. The summed E-state index contributed by atoms with van der Waals surface area (Å²) in [6.07, 6.45) is 0. The number of fused-ring (bicyclic) bond motifs is 4. The van der Waals surface area contributed by atoms with E-state index in [0.29, 0.717) is 17.8 Å². The van der Waals surface area contributed by atoms with E-state index in [1.807, 2.05) is 6.07 Å². The minimum absolute atomic E-state index is 0.516. The van der Waals surface area contributed by atoms with Crippen molar-refractivity contribution < 1.29 is 20.8 Å². The molecule has 1 aliphatic heterocycles. The third-order valence-electron chi connectivity index (χ3n) is 7.42. The van der Waals surface area contributed by atoms with Crippen LogP contribution >= 0.6 is 17.0 Å². The van der Waals surface area contributed by atoms with Gasteiger partial charge in [0, 0.05) is 0 Å². The smallest absolute Gasteiger partial charge is 0.0920 e. The van der Waals surface area contributed by atoms with Gasteiger partial charge in [0.1, 0.15) is 0 Å². The van der Waals surface area contributed by atoms with Crippen LogP contribution in [0.3, 0.4) is 0 Å². The van der Waals surface area contributed by atoms with Crippen LogP contribution in [0.2, 0.25) is 0 Å². The molecule has 0 aromatic heterocycles. The van der Waals surface area contributed by atoms with Crippen LogP contribution in [0.5, 0.6) is 0 Å². The summed E-state index contributed by atoms with van der Waals surface area (Å²) in [5.74, 6) is 1.60. The van der Waals surface area contributed by atoms with Crippen molar-refractivity contribution in [2.75, 3.05) is 0 Å². The van der Waals surface area contributed by atoms with Crippen molar-refractivity contribution in [2.45, 2.75) is 59.3 Å². The summed E-state index contributed by atoms with van der Waals surface area (Å²) in [4.78, 5) is 0. The van der Waals surface area contributed by atoms with Gasteiger partial charge in [-0.1, -0.05) is 112 Å². The fourth-order valence-electron chi connectivity index (χ4n) is 5.39. The van der Waals surface area contributed by atoms with E-state index in [2.05, 4.69) is 133 Å². The molecule has 4 heteroatoms. The first kappa shape index (κ1) is 31.1. The van der Waals surface area contributed by atoms with Gasteiger partial charge in [0.2, 0.25) is 0 Å². The second-order valence-electron chi connectivity index (χ2n) is 11.1. The molecule has 6 rings (SSSR count). The summed E-state index contributed by atoms with van der Waals surface area (Å²) in [5, 5.41) is 5.61. The first-order valence-corrected chi connectivity index (χ1v) is 21.3. The zero-order valence-corrected chi connectivity index (χ0v) is 29.1. The van der Waals surface area contributed by atoms with Gasteiger partial charge in [0.25, 0.3) is 0 Å². The minimum atomic E-state index is -0.826. The molecule has 0 N–H and O–H groups in total. The van der Waals surface area contributed by atoms with Crippen LogP contribution in [0.15, 0.2) is 91.0 Å². The van der Waals surface area contributed by atoms with E-state index in [-0.39, 0.29) is 0 Å². The number of hydrogen-bond donors (Lipinski definition) is 0. The van der Waals surface area contributed by atoms with Crippen LogP contribution in [-0.4, -0.2) is 9.52 Å². The first-order valence-electron chi connectivity index (χ1n) is 13.9. The van der Waals surface area contributed by atoms with E-state index in [1.165, 1.54) is 60.1 Å². The normalized spacial score (nSPS) is 11.5. The van der Waals surface area contributed by atoms with Crippen LogP contribution in [0, 0.1) is 6.07 Å². The average Bonchev–Trinajstić information content (AvgIpc) is 3.55. The van der Waals surface area contributed by atoms with E-state index in [9.17, 15) is 0 Å². The quantitative estimate of drug-likeness (QED) is 0.131. The van der Waals surface area contributed by atoms with Crippen LogP contribution in [0.25, 0.3) is 33.0 Å². The van der Waals surface area contributed by atoms with Gasteiger partial charge in [-0.3, -0.25) is 0 Å². The molecule has 0 nitrogen and oxygen atoms in total. The fraction of sp³-hybridized carbons (Fsp3) is 0.250. The summed E-state index contributed by atoms with van der Waals surface area (Å²) in [7, 11) is 10.7. The summed E-state index contributed by atoms with van der Waals surface area (Å²) < 4.78 is 0. The van der Waals surface area contributed by atoms with Gasteiger partial charge in [-0.25, -0.2) is 0 Å². The van der Waals surface area contributed by atoms with Crippen molar-refractivity contribution in [3.63, 3.8) is 0 Å². The molecule has 0 fully saturated rings. The van der Waals surface area contributed by atoms with Gasteiger partial charge in [-0.15, -0.1) is 40.1 Å². The Morgan fingerprint density at radius 2 is 1.32 bits per heavy atom. The molecule has 5 aromatic carbocycles. The molecule has 0 spiro atoms. The van der Waals surface area contributed by atoms with E-state index in [1.54, 1.807) is 0 Å². The summed E-state index contributed by atoms with van der Waals surface area (Å²) >= 11 is -0.826. The number of rotatable bonds is 4. The molecule has 0 amide bonds.